The third-order valence-corrected chi connectivity index (χ3v) is 5.38. The molecule has 4 heteroatoms. The van der Waals surface area contributed by atoms with E-state index in [4.69, 9.17) is 4.74 Å². The largest absolute Gasteiger partial charge is 0.388 e. The molecule has 0 atom stereocenters. The van der Waals surface area contributed by atoms with E-state index in [1.165, 1.54) is 5.56 Å². The Kier molecular flexibility index (Phi) is 5.34. The van der Waals surface area contributed by atoms with Gasteiger partial charge in [-0.1, -0.05) is 30.3 Å². The molecule has 0 radical (unpaired) electrons. The van der Waals surface area contributed by atoms with Gasteiger partial charge in [-0.15, -0.1) is 0 Å². The van der Waals surface area contributed by atoms with Crippen molar-refractivity contribution in [2.75, 3.05) is 19.8 Å². The van der Waals surface area contributed by atoms with Crippen LogP contribution in [0.1, 0.15) is 50.0 Å². The number of amides is 1. The van der Waals surface area contributed by atoms with Crippen molar-refractivity contribution in [3.63, 3.8) is 0 Å². The minimum absolute atomic E-state index is 0.0957. The maximum Gasteiger partial charge on any atom is 0.223 e. The summed E-state index contributed by atoms with van der Waals surface area (Å²) in [5.74, 6) is 0.787. The maximum absolute atomic E-state index is 12.4. The van der Waals surface area contributed by atoms with Gasteiger partial charge >= 0.3 is 0 Å². The second-order valence-electron chi connectivity index (χ2n) is 7.01. The van der Waals surface area contributed by atoms with E-state index < -0.39 is 5.60 Å². The van der Waals surface area contributed by atoms with Crippen molar-refractivity contribution >= 4 is 5.91 Å². The summed E-state index contributed by atoms with van der Waals surface area (Å²) in [6, 6.07) is 10.6. The standard InChI is InChI=1S/C19H27NO3/c21-18(20-14-19(22)10-12-23-13-11-19)17-8-6-16(7-9-17)15-4-2-1-3-5-15/h1-5,16-17,22H,6-14H2,(H,20,21). The van der Waals surface area contributed by atoms with Crippen molar-refractivity contribution in [2.45, 2.75) is 50.0 Å². The molecule has 1 saturated carbocycles. The Labute approximate surface area is 138 Å². The molecule has 1 aromatic carbocycles. The number of carbonyl (C=O) groups is 1. The van der Waals surface area contributed by atoms with Crippen molar-refractivity contribution in [1.29, 1.82) is 0 Å². The first-order valence-corrected chi connectivity index (χ1v) is 8.79. The van der Waals surface area contributed by atoms with Crippen LogP contribution < -0.4 is 5.32 Å². The number of nitrogens with one attached hydrogen (secondary N) is 1. The topological polar surface area (TPSA) is 58.6 Å². The molecule has 0 aromatic heterocycles. The molecule has 4 nitrogen and oxygen atoms in total. The van der Waals surface area contributed by atoms with Crippen LogP contribution in [-0.2, 0) is 9.53 Å². The minimum atomic E-state index is -0.783. The van der Waals surface area contributed by atoms with E-state index in [1.54, 1.807) is 0 Å². The Bertz CT molecular complexity index is 503. The molecule has 1 aromatic rings. The fourth-order valence-electron chi connectivity index (χ4n) is 3.74. The number of aliphatic hydroxyl groups is 1. The van der Waals surface area contributed by atoms with Gasteiger partial charge in [0.2, 0.25) is 5.91 Å². The van der Waals surface area contributed by atoms with Crippen molar-refractivity contribution in [3.8, 4) is 0 Å². The zero-order chi connectivity index (χ0) is 16.1. The number of hydrogen-bond acceptors (Lipinski definition) is 3. The molecular weight excluding hydrogens is 290 g/mol. The Morgan fingerprint density at radius 2 is 1.78 bits per heavy atom. The van der Waals surface area contributed by atoms with E-state index in [0.29, 0.717) is 38.5 Å². The predicted molar refractivity (Wildman–Crippen MR) is 89.2 cm³/mol. The van der Waals surface area contributed by atoms with Crippen LogP contribution in [0.5, 0.6) is 0 Å². The van der Waals surface area contributed by atoms with E-state index in [0.717, 1.165) is 25.7 Å². The van der Waals surface area contributed by atoms with E-state index in [2.05, 4.69) is 29.6 Å². The molecule has 126 valence electrons. The van der Waals surface area contributed by atoms with Crippen LogP contribution in [0, 0.1) is 5.92 Å². The number of hydrogen-bond donors (Lipinski definition) is 2. The van der Waals surface area contributed by atoms with Crippen LogP contribution in [0.25, 0.3) is 0 Å². The molecule has 0 unspecified atom stereocenters. The minimum Gasteiger partial charge on any atom is -0.388 e. The molecule has 2 aliphatic rings. The number of carbonyl (C=O) groups excluding carboxylic acids is 1. The average molecular weight is 317 g/mol. The molecule has 1 aliphatic heterocycles. The molecule has 1 saturated heterocycles. The van der Waals surface area contributed by atoms with Gasteiger partial charge < -0.3 is 15.2 Å². The van der Waals surface area contributed by atoms with Crippen LogP contribution >= 0.6 is 0 Å². The summed E-state index contributed by atoms with van der Waals surface area (Å²) in [7, 11) is 0. The van der Waals surface area contributed by atoms with Gasteiger partial charge in [0.05, 0.1) is 5.60 Å². The summed E-state index contributed by atoms with van der Waals surface area (Å²) < 4.78 is 5.27. The number of ether oxygens (including phenoxy) is 1. The van der Waals surface area contributed by atoms with Gasteiger partial charge in [0, 0.05) is 38.5 Å². The summed E-state index contributed by atoms with van der Waals surface area (Å²) in [4.78, 5) is 12.4. The summed E-state index contributed by atoms with van der Waals surface area (Å²) in [5.41, 5.74) is 0.609. The lowest BCUT2D eigenvalue weighted by Gasteiger charge is -2.33. The molecule has 1 heterocycles. The van der Waals surface area contributed by atoms with Gasteiger partial charge in [-0.2, -0.15) is 0 Å². The first kappa shape index (κ1) is 16.5. The molecule has 1 aliphatic carbocycles. The monoisotopic (exact) mass is 317 g/mol. The third kappa shape index (κ3) is 4.33. The van der Waals surface area contributed by atoms with Crippen molar-refractivity contribution < 1.29 is 14.6 Å². The smallest absolute Gasteiger partial charge is 0.223 e. The number of rotatable bonds is 4. The SMILES string of the molecule is O=C(NCC1(O)CCOCC1)C1CCC(c2ccccc2)CC1. The quantitative estimate of drug-likeness (QED) is 0.897. The van der Waals surface area contributed by atoms with Crippen molar-refractivity contribution in [3.05, 3.63) is 35.9 Å². The van der Waals surface area contributed by atoms with Crippen molar-refractivity contribution in [1.82, 2.24) is 5.32 Å². The summed E-state index contributed by atoms with van der Waals surface area (Å²) in [5, 5.41) is 13.4. The number of benzene rings is 1. The Morgan fingerprint density at radius 1 is 1.13 bits per heavy atom. The maximum atomic E-state index is 12.4. The van der Waals surface area contributed by atoms with Gasteiger partial charge in [0.1, 0.15) is 0 Å². The zero-order valence-corrected chi connectivity index (χ0v) is 13.7. The molecular formula is C19H27NO3. The van der Waals surface area contributed by atoms with Crippen LogP contribution in [0.2, 0.25) is 0 Å². The van der Waals surface area contributed by atoms with Crippen LogP contribution in [0.4, 0.5) is 0 Å². The average Bonchev–Trinajstić information content (AvgIpc) is 2.61. The van der Waals surface area contributed by atoms with Gasteiger partial charge in [0.25, 0.3) is 0 Å². The van der Waals surface area contributed by atoms with Crippen molar-refractivity contribution in [2.24, 2.45) is 5.92 Å². The zero-order valence-electron chi connectivity index (χ0n) is 13.7. The molecule has 23 heavy (non-hydrogen) atoms. The third-order valence-electron chi connectivity index (χ3n) is 5.38. The van der Waals surface area contributed by atoms with Crippen LogP contribution in [0.3, 0.4) is 0 Å². The molecule has 2 fully saturated rings. The molecule has 3 rings (SSSR count). The highest BCUT2D eigenvalue weighted by molar-refractivity contribution is 5.78. The summed E-state index contributed by atoms with van der Waals surface area (Å²) in [6.45, 7) is 1.51. The second kappa shape index (κ2) is 7.45. The summed E-state index contributed by atoms with van der Waals surface area (Å²) in [6.07, 6.45) is 5.22. The van der Waals surface area contributed by atoms with Gasteiger partial charge in [-0.25, -0.2) is 0 Å². The van der Waals surface area contributed by atoms with E-state index in [-0.39, 0.29) is 11.8 Å². The normalized spacial score (nSPS) is 27.3. The van der Waals surface area contributed by atoms with E-state index >= 15 is 0 Å². The highest BCUT2D eigenvalue weighted by Crippen LogP contribution is 2.35. The van der Waals surface area contributed by atoms with Gasteiger partial charge in [0.15, 0.2) is 0 Å². The van der Waals surface area contributed by atoms with Crippen LogP contribution in [-0.4, -0.2) is 36.4 Å². The molecule has 1 amide bonds. The summed E-state index contributed by atoms with van der Waals surface area (Å²) >= 11 is 0. The Morgan fingerprint density at radius 3 is 2.43 bits per heavy atom. The lowest BCUT2D eigenvalue weighted by atomic mass is 9.78. The second-order valence-corrected chi connectivity index (χ2v) is 7.01. The highest BCUT2D eigenvalue weighted by Gasteiger charge is 2.32. The first-order chi connectivity index (χ1) is 11.2. The fourth-order valence-corrected chi connectivity index (χ4v) is 3.74. The Balaban J connectivity index is 1.45. The lowest BCUT2D eigenvalue weighted by molar-refractivity contribution is -0.128. The predicted octanol–water partition coefficient (Wildman–Crippen LogP) is 2.62. The van der Waals surface area contributed by atoms with Gasteiger partial charge in [-0.3, -0.25) is 4.79 Å². The fraction of sp³-hybridized carbons (Fsp3) is 0.632. The lowest BCUT2D eigenvalue weighted by Crippen LogP contribution is -2.48. The van der Waals surface area contributed by atoms with E-state index in [1.807, 2.05) is 6.07 Å². The molecule has 2 N–H and O–H groups in total. The Hall–Kier alpha value is -1.39. The highest BCUT2D eigenvalue weighted by atomic mass is 16.5. The molecule has 0 spiro atoms. The van der Waals surface area contributed by atoms with Crippen LogP contribution in [0.15, 0.2) is 30.3 Å². The van der Waals surface area contributed by atoms with E-state index in [9.17, 15) is 9.90 Å². The van der Waals surface area contributed by atoms with Gasteiger partial charge in [-0.05, 0) is 37.2 Å². The molecule has 0 bridgehead atoms. The first-order valence-electron chi connectivity index (χ1n) is 8.79.